The third-order valence-electron chi connectivity index (χ3n) is 4.71. The van der Waals surface area contributed by atoms with Gasteiger partial charge in [0.2, 0.25) is 0 Å². The Labute approximate surface area is 149 Å². The van der Waals surface area contributed by atoms with Gasteiger partial charge in [0.1, 0.15) is 5.82 Å². The van der Waals surface area contributed by atoms with E-state index in [1.54, 1.807) is 12.1 Å². The fraction of sp³-hybridized carbons (Fsp3) is 0.318. The molecule has 1 aliphatic carbocycles. The molecule has 1 aromatic carbocycles. The first-order chi connectivity index (χ1) is 12.2. The van der Waals surface area contributed by atoms with E-state index in [0.29, 0.717) is 0 Å². The minimum absolute atomic E-state index is 0.230. The molecule has 0 unspecified atom stereocenters. The average molecular weight is 336 g/mol. The summed E-state index contributed by atoms with van der Waals surface area (Å²) in [6, 6.07) is 6.52. The standard InChI is InChI=1S/C22H25FN2/c1-4-7-17(6-3)20-13-8-16(5-2)14-22-21(20)15-24-25(22)19-11-9-18(23)10-12-19/h7,9-15H,4-6,8H2,1-3H3. The van der Waals surface area contributed by atoms with Crippen LogP contribution in [0.1, 0.15) is 57.7 Å². The number of hydrogen-bond donors (Lipinski definition) is 0. The third-order valence-corrected chi connectivity index (χ3v) is 4.71. The lowest BCUT2D eigenvalue weighted by molar-refractivity contribution is 0.627. The summed E-state index contributed by atoms with van der Waals surface area (Å²) < 4.78 is 15.2. The first-order valence-electron chi connectivity index (χ1n) is 9.11. The van der Waals surface area contributed by atoms with Crippen LogP contribution in [0.5, 0.6) is 0 Å². The molecule has 0 radical (unpaired) electrons. The molecule has 0 amide bonds. The van der Waals surface area contributed by atoms with Crippen molar-refractivity contribution in [2.45, 2.75) is 46.5 Å². The number of rotatable bonds is 5. The maximum atomic E-state index is 13.3. The Morgan fingerprint density at radius 1 is 1.20 bits per heavy atom. The molecule has 1 aromatic heterocycles. The number of hydrogen-bond acceptors (Lipinski definition) is 1. The molecule has 0 saturated carbocycles. The van der Waals surface area contributed by atoms with Crippen LogP contribution in [0, 0.1) is 5.82 Å². The molecule has 0 fully saturated rings. The molecule has 25 heavy (non-hydrogen) atoms. The van der Waals surface area contributed by atoms with Gasteiger partial charge in [-0.25, -0.2) is 9.07 Å². The van der Waals surface area contributed by atoms with Gasteiger partial charge in [-0.2, -0.15) is 5.10 Å². The molecule has 1 aliphatic rings. The van der Waals surface area contributed by atoms with Crippen molar-refractivity contribution in [1.29, 1.82) is 0 Å². The van der Waals surface area contributed by atoms with Crippen LogP contribution in [0.2, 0.25) is 0 Å². The lowest BCUT2D eigenvalue weighted by Crippen LogP contribution is -2.00. The van der Waals surface area contributed by atoms with Crippen LogP contribution in [0.25, 0.3) is 17.3 Å². The lowest BCUT2D eigenvalue weighted by Gasteiger charge is -2.11. The Kier molecular flexibility index (Phi) is 5.32. The van der Waals surface area contributed by atoms with Crippen LogP contribution in [-0.4, -0.2) is 9.78 Å². The molecule has 2 aromatic rings. The molecule has 130 valence electrons. The Hall–Kier alpha value is -2.42. The van der Waals surface area contributed by atoms with Crippen LogP contribution in [0.4, 0.5) is 4.39 Å². The Morgan fingerprint density at radius 2 is 1.96 bits per heavy atom. The summed E-state index contributed by atoms with van der Waals surface area (Å²) in [4.78, 5) is 0. The van der Waals surface area contributed by atoms with E-state index in [4.69, 9.17) is 0 Å². The van der Waals surface area contributed by atoms with E-state index in [9.17, 15) is 4.39 Å². The zero-order valence-corrected chi connectivity index (χ0v) is 15.2. The second-order valence-electron chi connectivity index (χ2n) is 6.30. The first kappa shape index (κ1) is 17.4. The highest BCUT2D eigenvalue weighted by Crippen LogP contribution is 2.35. The smallest absolute Gasteiger partial charge is 0.123 e. The van der Waals surface area contributed by atoms with E-state index in [-0.39, 0.29) is 5.82 Å². The fourth-order valence-electron chi connectivity index (χ4n) is 3.33. The van der Waals surface area contributed by atoms with E-state index >= 15 is 0 Å². The minimum Gasteiger partial charge on any atom is -0.233 e. The number of benzene rings is 1. The summed E-state index contributed by atoms with van der Waals surface area (Å²) in [7, 11) is 0. The summed E-state index contributed by atoms with van der Waals surface area (Å²) in [6.07, 6.45) is 12.8. The normalized spacial score (nSPS) is 14.6. The zero-order chi connectivity index (χ0) is 17.8. The molecule has 2 nitrogen and oxygen atoms in total. The zero-order valence-electron chi connectivity index (χ0n) is 15.2. The van der Waals surface area contributed by atoms with Gasteiger partial charge in [0.25, 0.3) is 0 Å². The van der Waals surface area contributed by atoms with Gasteiger partial charge in [0, 0.05) is 5.56 Å². The fourth-order valence-corrected chi connectivity index (χ4v) is 3.33. The Bertz CT molecular complexity index is 835. The van der Waals surface area contributed by atoms with Gasteiger partial charge in [-0.3, -0.25) is 0 Å². The van der Waals surface area contributed by atoms with Gasteiger partial charge in [0.15, 0.2) is 0 Å². The summed E-state index contributed by atoms with van der Waals surface area (Å²) in [5, 5.41) is 4.62. The van der Waals surface area contributed by atoms with Gasteiger partial charge >= 0.3 is 0 Å². The van der Waals surface area contributed by atoms with Crippen molar-refractivity contribution >= 4 is 11.6 Å². The van der Waals surface area contributed by atoms with E-state index in [1.807, 2.05) is 10.9 Å². The van der Waals surface area contributed by atoms with E-state index in [1.165, 1.54) is 28.9 Å². The molecule has 3 rings (SSSR count). The first-order valence-corrected chi connectivity index (χ1v) is 9.11. The van der Waals surface area contributed by atoms with E-state index < -0.39 is 0 Å². The van der Waals surface area contributed by atoms with Crippen LogP contribution in [0.15, 0.2) is 53.8 Å². The van der Waals surface area contributed by atoms with Gasteiger partial charge < -0.3 is 0 Å². The third kappa shape index (κ3) is 3.51. The molecule has 3 heteroatoms. The lowest BCUT2D eigenvalue weighted by atomic mass is 9.95. The van der Waals surface area contributed by atoms with E-state index in [2.05, 4.69) is 44.1 Å². The molecule has 0 bridgehead atoms. The van der Waals surface area contributed by atoms with Crippen LogP contribution < -0.4 is 0 Å². The number of fused-ring (bicyclic) bond motifs is 1. The van der Waals surface area contributed by atoms with Crippen molar-refractivity contribution in [1.82, 2.24) is 9.78 Å². The van der Waals surface area contributed by atoms with Crippen molar-refractivity contribution in [3.8, 4) is 5.69 Å². The number of allylic oxidation sites excluding steroid dienone is 5. The predicted molar refractivity (Wildman–Crippen MR) is 103 cm³/mol. The Balaban J connectivity index is 2.16. The van der Waals surface area contributed by atoms with Crippen molar-refractivity contribution in [3.63, 3.8) is 0 Å². The topological polar surface area (TPSA) is 17.8 Å². The largest absolute Gasteiger partial charge is 0.233 e. The van der Waals surface area contributed by atoms with Gasteiger partial charge in [-0.05, 0) is 67.2 Å². The second kappa shape index (κ2) is 7.64. The molecular weight excluding hydrogens is 311 g/mol. The predicted octanol–water partition coefficient (Wildman–Crippen LogP) is 6.34. The molecule has 0 atom stereocenters. The summed E-state index contributed by atoms with van der Waals surface area (Å²) in [6.45, 7) is 6.56. The minimum atomic E-state index is -0.230. The highest BCUT2D eigenvalue weighted by atomic mass is 19.1. The van der Waals surface area contributed by atoms with Gasteiger partial charge in [-0.1, -0.05) is 38.5 Å². The highest BCUT2D eigenvalue weighted by molar-refractivity contribution is 5.85. The molecule has 0 spiro atoms. The van der Waals surface area contributed by atoms with Crippen LogP contribution in [0.3, 0.4) is 0 Å². The number of nitrogens with zero attached hydrogens (tertiary/aromatic N) is 2. The van der Waals surface area contributed by atoms with Crippen molar-refractivity contribution in [2.24, 2.45) is 0 Å². The molecule has 0 N–H and O–H groups in total. The summed E-state index contributed by atoms with van der Waals surface area (Å²) in [5.74, 6) is -0.230. The van der Waals surface area contributed by atoms with Crippen molar-refractivity contribution < 1.29 is 4.39 Å². The van der Waals surface area contributed by atoms with Crippen LogP contribution in [-0.2, 0) is 0 Å². The van der Waals surface area contributed by atoms with E-state index in [0.717, 1.165) is 42.6 Å². The van der Waals surface area contributed by atoms with Gasteiger partial charge in [0.05, 0.1) is 17.6 Å². The molecule has 1 heterocycles. The Morgan fingerprint density at radius 3 is 2.60 bits per heavy atom. The quantitative estimate of drug-likeness (QED) is 0.623. The maximum absolute atomic E-state index is 13.3. The maximum Gasteiger partial charge on any atom is 0.123 e. The SMILES string of the molecule is CCC=C(CC)C1=CCC(CC)=Cc2c1cnn2-c1ccc(F)cc1. The summed E-state index contributed by atoms with van der Waals surface area (Å²) in [5.41, 5.74) is 7.16. The average Bonchev–Trinajstić information content (AvgIpc) is 2.94. The van der Waals surface area contributed by atoms with Crippen LogP contribution >= 0.6 is 0 Å². The highest BCUT2D eigenvalue weighted by Gasteiger charge is 2.19. The summed E-state index contributed by atoms with van der Waals surface area (Å²) >= 11 is 0. The molecular formula is C22H25FN2. The monoisotopic (exact) mass is 336 g/mol. The molecule has 0 saturated heterocycles. The number of aromatic nitrogens is 2. The second-order valence-corrected chi connectivity index (χ2v) is 6.30. The van der Waals surface area contributed by atoms with Crippen molar-refractivity contribution in [3.05, 3.63) is 70.8 Å². The van der Waals surface area contributed by atoms with Gasteiger partial charge in [-0.15, -0.1) is 0 Å². The van der Waals surface area contributed by atoms with Crippen molar-refractivity contribution in [2.75, 3.05) is 0 Å². The number of halogens is 1. The molecule has 0 aliphatic heterocycles.